The molecule has 0 saturated carbocycles. The predicted molar refractivity (Wildman–Crippen MR) is 447 cm³/mol. The van der Waals surface area contributed by atoms with E-state index in [2.05, 4.69) is 21.3 Å². The van der Waals surface area contributed by atoms with Gasteiger partial charge in [-0.25, -0.2) is 4.79 Å². The molecule has 1 aliphatic heterocycles. The van der Waals surface area contributed by atoms with Crippen molar-refractivity contribution in [3.8, 4) is 0 Å². The van der Waals surface area contributed by atoms with Crippen LogP contribution in [0.5, 0.6) is 0 Å². The first-order valence-electron chi connectivity index (χ1n) is 41.3. The normalized spacial score (nSPS) is 16.7. The molecule has 0 saturated heterocycles. The Morgan fingerprint density at radius 2 is 0.721 bits per heavy atom. The van der Waals surface area contributed by atoms with Crippen molar-refractivity contribution in [2.45, 2.75) is 168 Å². The van der Waals surface area contributed by atoms with Crippen LogP contribution in [0.1, 0.15) is 64.0 Å². The monoisotopic (exact) mass is 1850 g/mol. The SMILES string of the molecule is CC(C)[C@H](NC(=O)CCCCCN1C(=O)C=CC1=O)C(=O)N[C@@H](CCCNC(N)=O)C(=O)Nc1ccc(C(O)C(=O)N(C)CC(=O)N(C)CC(=O)N(C)CC(=O)N(C)CC(=O)N(C)CC(=O)N(C)CC(=O)N(C)CC(=O)N(CCN(C[C@H](O)[C@@H](O)[C@H](O)[C@H](O)CO)C[C@H](O)[C@@H](O)[C@H](O)[C@H](O)CO)CCN(C[C@H](O)[C@@H](O)[C@H](O)[C@H](O)CO)C[C@H](O)[C@@H](O)[C@H](O)[C@H](O)CO)cc1. The molecule has 1 heterocycles. The van der Waals surface area contributed by atoms with Crippen LogP contribution in [0.3, 0.4) is 0 Å². The molecule has 1 aliphatic rings. The van der Waals surface area contributed by atoms with Crippen LogP contribution in [0.15, 0.2) is 36.4 Å². The van der Waals surface area contributed by atoms with Crippen molar-refractivity contribution in [1.82, 2.24) is 69.8 Å². The number of primary amides is 1. The first kappa shape index (κ1) is 116. The fourth-order valence-electron chi connectivity index (χ4n) is 12.5. The Labute approximate surface area is 744 Å². The van der Waals surface area contributed by atoms with Gasteiger partial charge in [-0.15, -0.1) is 0 Å². The zero-order chi connectivity index (χ0) is 98.3. The fourth-order valence-corrected chi connectivity index (χ4v) is 12.5. The van der Waals surface area contributed by atoms with Crippen LogP contribution in [0, 0.1) is 5.92 Å². The molecule has 51 heteroatoms. The number of hydrogen-bond donors (Lipinski definition) is 26. The topological polar surface area (TPSA) is 774 Å². The van der Waals surface area contributed by atoms with Crippen molar-refractivity contribution in [2.75, 3.05) is 192 Å². The number of urea groups is 1. The third kappa shape index (κ3) is 39.3. The van der Waals surface area contributed by atoms with Crippen LogP contribution < -0.4 is 27.0 Å². The highest BCUT2D eigenvalue weighted by Crippen LogP contribution is 2.21. The summed E-state index contributed by atoms with van der Waals surface area (Å²) in [6, 6.07) is 2.13. The maximum atomic E-state index is 14.5. The molecule has 0 bridgehead atoms. The highest BCUT2D eigenvalue weighted by atomic mass is 16.4. The summed E-state index contributed by atoms with van der Waals surface area (Å²) in [6.45, 7) is -11.8. The number of carbonyl (C=O) groups excluding carboxylic acids is 14. The molecule has 0 spiro atoms. The summed E-state index contributed by atoms with van der Waals surface area (Å²) >= 11 is 0. The van der Waals surface area contributed by atoms with Crippen LogP contribution in [0.2, 0.25) is 0 Å². The molecule has 0 radical (unpaired) electrons. The number of aliphatic hydroxyl groups is 21. The molecule has 129 heavy (non-hydrogen) atoms. The highest BCUT2D eigenvalue weighted by molar-refractivity contribution is 6.13. The van der Waals surface area contributed by atoms with E-state index < -0.39 is 329 Å². The maximum Gasteiger partial charge on any atom is 0.312 e. The Morgan fingerprint density at radius 1 is 0.395 bits per heavy atom. The minimum absolute atomic E-state index is 0.0130. The van der Waals surface area contributed by atoms with Crippen molar-refractivity contribution < 1.29 is 174 Å². The molecular weight excluding hydrogens is 1720 g/mol. The lowest BCUT2D eigenvalue weighted by Crippen LogP contribution is -2.55. The summed E-state index contributed by atoms with van der Waals surface area (Å²) in [5, 5.41) is 228. The van der Waals surface area contributed by atoms with E-state index >= 15 is 0 Å². The van der Waals surface area contributed by atoms with E-state index in [1.165, 1.54) is 71.7 Å². The number of benzene rings is 1. The summed E-state index contributed by atoms with van der Waals surface area (Å²) in [5.74, 6) is -10.2. The molecule has 0 fully saturated rings. The first-order valence-corrected chi connectivity index (χ1v) is 41.3. The van der Waals surface area contributed by atoms with Gasteiger partial charge < -0.3 is 173 Å². The zero-order valence-corrected chi connectivity index (χ0v) is 73.7. The number of nitrogens with zero attached hydrogens (tertiary/aromatic N) is 11. The van der Waals surface area contributed by atoms with Crippen LogP contribution >= 0.6 is 0 Å². The van der Waals surface area contributed by atoms with Crippen molar-refractivity contribution >= 4 is 88.5 Å². The van der Waals surface area contributed by atoms with Crippen molar-refractivity contribution in [3.05, 3.63) is 42.0 Å². The van der Waals surface area contributed by atoms with Crippen molar-refractivity contribution in [3.63, 3.8) is 0 Å². The number of amides is 15. The van der Waals surface area contributed by atoms with E-state index in [9.17, 15) is 174 Å². The molecule has 1 aromatic rings. The van der Waals surface area contributed by atoms with Gasteiger partial charge in [-0.1, -0.05) is 32.4 Å². The van der Waals surface area contributed by atoms with Gasteiger partial charge in [0.25, 0.3) is 17.7 Å². The minimum Gasteiger partial charge on any atom is -0.394 e. The molecular formula is C78H134N16O35. The van der Waals surface area contributed by atoms with Gasteiger partial charge >= 0.3 is 6.03 Å². The lowest BCUT2D eigenvalue weighted by molar-refractivity contribution is -0.147. The Balaban J connectivity index is 2.20. The van der Waals surface area contributed by atoms with Crippen molar-refractivity contribution in [1.29, 1.82) is 0 Å². The molecule has 19 atom stereocenters. The van der Waals surface area contributed by atoms with Gasteiger partial charge in [-0.3, -0.25) is 77.0 Å². The Kier molecular flexibility index (Phi) is 51.8. The third-order valence-corrected chi connectivity index (χ3v) is 21.1. The van der Waals surface area contributed by atoms with Gasteiger partial charge in [0, 0.05) is 139 Å². The minimum atomic E-state index is -2.27. The number of imide groups is 1. The second kappa shape index (κ2) is 57.7. The number of rotatable bonds is 62. The van der Waals surface area contributed by atoms with Crippen LogP contribution in [0.4, 0.5) is 10.5 Å². The predicted octanol–water partition coefficient (Wildman–Crippen LogP) is -16.4. The lowest BCUT2D eigenvalue weighted by Gasteiger charge is -2.36. The molecule has 2 rings (SSSR count). The number of nitrogens with two attached hydrogens (primary N) is 1. The Hall–Kier alpha value is -9.38. The van der Waals surface area contributed by atoms with E-state index in [1.54, 1.807) is 13.8 Å². The number of nitrogens with one attached hydrogen (secondary N) is 4. The van der Waals surface area contributed by atoms with Crippen LogP contribution in [-0.2, 0) is 62.3 Å². The number of unbranched alkanes of at least 4 members (excludes halogenated alkanes) is 2. The summed E-state index contributed by atoms with van der Waals surface area (Å²) in [5.41, 5.74) is 5.36. The molecule has 0 aliphatic carbocycles. The largest absolute Gasteiger partial charge is 0.394 e. The molecule has 1 unspecified atom stereocenters. The number of likely N-dealkylation sites (N-methyl/N-ethyl adjacent to an activating group) is 7. The average Bonchev–Trinajstić information content (AvgIpc) is 1.33. The summed E-state index contributed by atoms with van der Waals surface area (Å²) in [4.78, 5) is 195. The summed E-state index contributed by atoms with van der Waals surface area (Å²) < 4.78 is 0. The quantitative estimate of drug-likeness (QED) is 0.0213. The van der Waals surface area contributed by atoms with Crippen LogP contribution in [0.25, 0.3) is 0 Å². The zero-order valence-electron chi connectivity index (χ0n) is 73.7. The Morgan fingerprint density at radius 3 is 1.05 bits per heavy atom. The standard InChI is InChI=1S/C78H134N16O35/c1-43(2)65(83-55(107)15-11-10-12-23-94-56(108)20-21-57(94)109)76(127)82-46(14-13-22-80-78(79)129)75(126)81-45-18-16-44(17-19-45)66(117)77(128)90(9)37-63(115)88(7)35-61(113)86(5)33-59(111)84(3)32-58(110)85(4)34-60(112)87(6)36-62(114)89(8)38-64(116)93(26-24-91(28-47(99)67(118)71(122)51(103)39-95)29-48(100)68(119)72(123)52(104)40-96)27-25-92(30-49(101)69(120)73(124)53(105)41-97)31-50(102)70(121)74(125)54(106)42-98/h16-21,43,46-54,65-74,95-106,117-125H,10-15,22-42H2,1-9H3,(H,81,126)(H,82,127)(H,83,107)(H3,79,80,129)/t46-,47-,48-,49-,50-,51+,52+,53+,54+,65-,66?,67+,68+,69+,70+,71+,72+,73+,74+/m0/s1. The molecule has 15 amide bonds. The van der Waals surface area contributed by atoms with Gasteiger partial charge in [0.15, 0.2) is 6.10 Å². The van der Waals surface area contributed by atoms with E-state index in [1.807, 2.05) is 0 Å². The smallest absolute Gasteiger partial charge is 0.312 e. The van der Waals surface area contributed by atoms with Gasteiger partial charge in [-0.2, -0.15) is 0 Å². The molecule has 736 valence electrons. The Bertz CT molecular complexity index is 3630. The number of hydrogen-bond acceptors (Lipinski definition) is 37. The highest BCUT2D eigenvalue weighted by Gasteiger charge is 2.40. The van der Waals surface area contributed by atoms with Crippen LogP contribution in [-0.4, -0.2) is 541 Å². The first-order chi connectivity index (χ1) is 60.3. The van der Waals surface area contributed by atoms with Gasteiger partial charge in [-0.05, 0) is 49.3 Å². The number of anilines is 1. The van der Waals surface area contributed by atoms with E-state index in [0.29, 0.717) is 19.3 Å². The molecule has 0 aromatic heterocycles. The molecule has 51 nitrogen and oxygen atoms in total. The average molecular weight is 1860 g/mol. The second-order valence-electron chi connectivity index (χ2n) is 32.1. The number of aliphatic hydroxyl groups excluding tert-OH is 21. The van der Waals surface area contributed by atoms with E-state index in [-0.39, 0.29) is 43.6 Å². The molecule has 27 N–H and O–H groups in total. The van der Waals surface area contributed by atoms with E-state index in [0.717, 1.165) is 68.0 Å². The van der Waals surface area contributed by atoms with Gasteiger partial charge in [0.2, 0.25) is 59.1 Å². The maximum absolute atomic E-state index is 14.5. The lowest BCUT2D eigenvalue weighted by atomic mass is 10.0. The van der Waals surface area contributed by atoms with Crippen molar-refractivity contribution in [2.24, 2.45) is 11.7 Å². The third-order valence-electron chi connectivity index (χ3n) is 21.1. The van der Waals surface area contributed by atoms with Gasteiger partial charge in [0.1, 0.15) is 85.3 Å². The summed E-state index contributed by atoms with van der Waals surface area (Å²) in [7, 11) is 8.23. The fraction of sp³-hybridized carbons (Fsp3) is 0.718. The second-order valence-corrected chi connectivity index (χ2v) is 32.1. The summed E-state index contributed by atoms with van der Waals surface area (Å²) in [6.07, 6.45) is -32.6. The van der Waals surface area contributed by atoms with Gasteiger partial charge in [0.05, 0.1) is 96.7 Å². The number of carbonyl (C=O) groups is 14. The van der Waals surface area contributed by atoms with E-state index in [4.69, 9.17) is 5.73 Å². The molecule has 1 aromatic carbocycles.